The maximum absolute atomic E-state index is 12.0. The summed E-state index contributed by atoms with van der Waals surface area (Å²) in [7, 11) is 0. The van der Waals surface area contributed by atoms with Crippen molar-refractivity contribution < 1.29 is 19.1 Å². The van der Waals surface area contributed by atoms with Gasteiger partial charge in [0.25, 0.3) is 11.8 Å². The van der Waals surface area contributed by atoms with Crippen LogP contribution < -0.4 is 20.3 Å². The molecule has 6 nitrogen and oxygen atoms in total. The third-order valence-corrected chi connectivity index (χ3v) is 4.07. The van der Waals surface area contributed by atoms with Gasteiger partial charge in [-0.15, -0.1) is 0 Å². The quantitative estimate of drug-likeness (QED) is 0.712. The number of hydrogen-bond donors (Lipinski definition) is 2. The number of benzene rings is 2. The molecule has 0 saturated heterocycles. The van der Waals surface area contributed by atoms with Crippen LogP contribution in [0.5, 0.6) is 11.5 Å². The fourth-order valence-corrected chi connectivity index (χ4v) is 2.48. The molecule has 2 aromatic rings. The molecule has 0 heterocycles. The predicted molar refractivity (Wildman–Crippen MR) is 104 cm³/mol. The van der Waals surface area contributed by atoms with Gasteiger partial charge in [0, 0.05) is 5.02 Å². The Balaban J connectivity index is 1.75. The molecule has 0 radical (unpaired) electrons. The lowest BCUT2D eigenvalue weighted by Gasteiger charge is -2.15. The van der Waals surface area contributed by atoms with Crippen LogP contribution in [0.15, 0.2) is 42.5 Å². The Morgan fingerprint density at radius 2 is 1.81 bits per heavy atom. The third kappa shape index (κ3) is 6.49. The smallest absolute Gasteiger partial charge is 0.279 e. The fourth-order valence-electron chi connectivity index (χ4n) is 2.25. The van der Waals surface area contributed by atoms with E-state index in [9.17, 15) is 9.59 Å². The average Bonchev–Trinajstić information content (AvgIpc) is 2.66. The number of halogens is 1. The molecular formula is C20H23ClN2O4. The van der Waals surface area contributed by atoms with E-state index in [0.717, 1.165) is 12.0 Å². The second-order valence-corrected chi connectivity index (χ2v) is 6.43. The molecule has 0 aliphatic rings. The van der Waals surface area contributed by atoms with Crippen molar-refractivity contribution in [2.24, 2.45) is 0 Å². The van der Waals surface area contributed by atoms with E-state index in [1.807, 2.05) is 31.2 Å². The van der Waals surface area contributed by atoms with Crippen LogP contribution in [0.25, 0.3) is 0 Å². The van der Waals surface area contributed by atoms with Crippen molar-refractivity contribution in [1.29, 1.82) is 0 Å². The Labute approximate surface area is 163 Å². The highest BCUT2D eigenvalue weighted by Crippen LogP contribution is 2.21. The summed E-state index contributed by atoms with van der Waals surface area (Å²) >= 11 is 5.87. The molecule has 144 valence electrons. The number of nitrogens with one attached hydrogen (secondary N) is 2. The minimum atomic E-state index is -0.766. The zero-order chi connectivity index (χ0) is 19.8. The van der Waals surface area contributed by atoms with Crippen molar-refractivity contribution in [1.82, 2.24) is 10.9 Å². The van der Waals surface area contributed by atoms with Crippen LogP contribution in [0, 0.1) is 6.92 Å². The molecule has 0 bridgehead atoms. The highest BCUT2D eigenvalue weighted by Gasteiger charge is 2.15. The maximum atomic E-state index is 12.0. The third-order valence-electron chi connectivity index (χ3n) is 3.83. The molecule has 0 aliphatic heterocycles. The topological polar surface area (TPSA) is 76.7 Å². The van der Waals surface area contributed by atoms with E-state index >= 15 is 0 Å². The minimum Gasteiger partial charge on any atom is -0.483 e. The van der Waals surface area contributed by atoms with E-state index < -0.39 is 17.9 Å². The Hall–Kier alpha value is -2.73. The first-order valence-electron chi connectivity index (χ1n) is 8.62. The molecular weight excluding hydrogens is 368 g/mol. The van der Waals surface area contributed by atoms with E-state index in [2.05, 4.69) is 17.8 Å². The van der Waals surface area contributed by atoms with Crippen LogP contribution in [0.1, 0.15) is 25.0 Å². The van der Waals surface area contributed by atoms with Gasteiger partial charge in [0.15, 0.2) is 12.7 Å². The van der Waals surface area contributed by atoms with Crippen molar-refractivity contribution in [3.63, 3.8) is 0 Å². The summed E-state index contributed by atoms with van der Waals surface area (Å²) in [5.74, 6) is 0.179. The van der Waals surface area contributed by atoms with Gasteiger partial charge in [-0.05, 0) is 61.7 Å². The fraction of sp³-hybridized carbons (Fsp3) is 0.300. The van der Waals surface area contributed by atoms with Crippen LogP contribution >= 0.6 is 11.6 Å². The molecule has 0 aromatic heterocycles. The van der Waals surface area contributed by atoms with Crippen molar-refractivity contribution in [3.05, 3.63) is 58.6 Å². The Morgan fingerprint density at radius 3 is 2.44 bits per heavy atom. The van der Waals surface area contributed by atoms with E-state index in [4.69, 9.17) is 21.1 Å². The number of amides is 2. The summed E-state index contributed by atoms with van der Waals surface area (Å²) in [4.78, 5) is 23.9. The van der Waals surface area contributed by atoms with Gasteiger partial charge in [-0.2, -0.15) is 0 Å². The molecule has 0 spiro atoms. The molecule has 0 aliphatic carbocycles. The number of aryl methyl sites for hydroxylation is 2. The Bertz CT molecular complexity index is 793. The second kappa shape index (κ2) is 9.83. The van der Waals surface area contributed by atoms with E-state index in [1.165, 1.54) is 5.56 Å². The van der Waals surface area contributed by atoms with Crippen molar-refractivity contribution >= 4 is 23.4 Å². The van der Waals surface area contributed by atoms with Gasteiger partial charge in [-0.3, -0.25) is 20.4 Å². The van der Waals surface area contributed by atoms with Crippen molar-refractivity contribution in [2.75, 3.05) is 6.61 Å². The van der Waals surface area contributed by atoms with Crippen LogP contribution in [0.3, 0.4) is 0 Å². The van der Waals surface area contributed by atoms with Gasteiger partial charge in [-0.25, -0.2) is 0 Å². The SMILES string of the molecule is CCc1ccc(OC(C)C(=O)NNC(=O)COc2ccc(Cl)cc2C)cc1. The normalized spacial score (nSPS) is 11.4. The largest absolute Gasteiger partial charge is 0.483 e. The number of carbonyl (C=O) groups excluding carboxylic acids is 2. The number of hydrogen-bond acceptors (Lipinski definition) is 4. The van der Waals surface area contributed by atoms with E-state index in [0.29, 0.717) is 16.5 Å². The highest BCUT2D eigenvalue weighted by molar-refractivity contribution is 6.30. The van der Waals surface area contributed by atoms with Crippen LogP contribution in [-0.2, 0) is 16.0 Å². The number of ether oxygens (including phenoxy) is 2. The van der Waals surface area contributed by atoms with Crippen molar-refractivity contribution in [3.8, 4) is 11.5 Å². The monoisotopic (exact) mass is 390 g/mol. The summed E-state index contributed by atoms with van der Waals surface area (Å²) < 4.78 is 11.0. The average molecular weight is 391 g/mol. The summed E-state index contributed by atoms with van der Waals surface area (Å²) in [6.45, 7) is 5.25. The van der Waals surface area contributed by atoms with Gasteiger partial charge in [-0.1, -0.05) is 30.7 Å². The summed E-state index contributed by atoms with van der Waals surface area (Å²) in [5.41, 5.74) is 6.62. The van der Waals surface area contributed by atoms with Gasteiger partial charge < -0.3 is 9.47 Å². The molecule has 2 amide bonds. The first kappa shape index (κ1) is 20.6. The molecule has 2 aromatic carbocycles. The molecule has 2 N–H and O–H groups in total. The number of carbonyl (C=O) groups is 2. The van der Waals surface area contributed by atoms with Gasteiger partial charge >= 0.3 is 0 Å². The molecule has 0 saturated carbocycles. The van der Waals surface area contributed by atoms with Crippen LogP contribution in [0.4, 0.5) is 0 Å². The van der Waals surface area contributed by atoms with Crippen LogP contribution in [0.2, 0.25) is 5.02 Å². The second-order valence-electron chi connectivity index (χ2n) is 5.99. The van der Waals surface area contributed by atoms with Gasteiger partial charge in [0.1, 0.15) is 11.5 Å². The molecule has 27 heavy (non-hydrogen) atoms. The molecule has 2 rings (SSSR count). The highest BCUT2D eigenvalue weighted by atomic mass is 35.5. The zero-order valence-electron chi connectivity index (χ0n) is 15.5. The lowest BCUT2D eigenvalue weighted by atomic mass is 10.2. The number of hydrazine groups is 1. The van der Waals surface area contributed by atoms with E-state index in [-0.39, 0.29) is 6.61 Å². The lowest BCUT2D eigenvalue weighted by Crippen LogP contribution is -2.48. The molecule has 0 fully saturated rings. The van der Waals surface area contributed by atoms with Gasteiger partial charge in [0.2, 0.25) is 0 Å². The number of rotatable bonds is 7. The molecule has 1 atom stereocenters. The van der Waals surface area contributed by atoms with Gasteiger partial charge in [0.05, 0.1) is 0 Å². The molecule has 1 unspecified atom stereocenters. The Kier molecular flexibility index (Phi) is 7.49. The predicted octanol–water partition coefficient (Wildman–Crippen LogP) is 3.20. The first-order valence-corrected chi connectivity index (χ1v) is 9.00. The summed E-state index contributed by atoms with van der Waals surface area (Å²) in [6.07, 6.45) is 0.164. The minimum absolute atomic E-state index is 0.240. The lowest BCUT2D eigenvalue weighted by molar-refractivity contribution is -0.133. The van der Waals surface area contributed by atoms with E-state index in [1.54, 1.807) is 25.1 Å². The standard InChI is InChI=1S/C20H23ClN2O4/c1-4-15-5-8-17(9-6-15)27-14(3)20(25)23-22-19(24)12-26-18-10-7-16(21)11-13(18)2/h5-11,14H,4,12H2,1-3H3,(H,22,24)(H,23,25). The van der Waals surface area contributed by atoms with Crippen molar-refractivity contribution in [2.45, 2.75) is 33.3 Å². The van der Waals surface area contributed by atoms with Crippen LogP contribution in [-0.4, -0.2) is 24.5 Å². The molecule has 7 heteroatoms. The Morgan fingerprint density at radius 1 is 1.11 bits per heavy atom. The zero-order valence-corrected chi connectivity index (χ0v) is 16.3. The summed E-state index contributed by atoms with van der Waals surface area (Å²) in [6, 6.07) is 12.6. The summed E-state index contributed by atoms with van der Waals surface area (Å²) in [5, 5.41) is 0.592. The maximum Gasteiger partial charge on any atom is 0.279 e. The first-order chi connectivity index (χ1) is 12.9.